The van der Waals surface area contributed by atoms with Gasteiger partial charge < -0.3 is 10.0 Å². The van der Waals surface area contributed by atoms with Crippen molar-refractivity contribution < 1.29 is 10.0 Å². The first-order chi connectivity index (χ1) is 14.5. The van der Waals surface area contributed by atoms with E-state index in [-0.39, 0.29) is 0 Å². The van der Waals surface area contributed by atoms with E-state index in [1.165, 1.54) is 6.07 Å². The Balaban J connectivity index is 0.000000168. The largest absolute Gasteiger partial charge is 0.488 e. The molecular formula is C20H16BCl3N4O2. The van der Waals surface area contributed by atoms with Crippen molar-refractivity contribution in [3.8, 4) is 11.4 Å². The van der Waals surface area contributed by atoms with Crippen LogP contribution in [0.3, 0.4) is 0 Å². The molecule has 6 nitrogen and oxygen atoms in total. The van der Waals surface area contributed by atoms with Crippen LogP contribution in [0.2, 0.25) is 15.3 Å². The molecular weight excluding hydrogens is 445 g/mol. The minimum atomic E-state index is -1.43. The highest BCUT2D eigenvalue weighted by Gasteiger charge is 2.09. The van der Waals surface area contributed by atoms with Gasteiger partial charge in [0, 0.05) is 40.4 Å². The fourth-order valence-electron chi connectivity index (χ4n) is 2.02. The zero-order valence-corrected chi connectivity index (χ0v) is 17.7. The van der Waals surface area contributed by atoms with Crippen molar-refractivity contribution in [2.45, 2.75) is 0 Å². The summed E-state index contributed by atoms with van der Waals surface area (Å²) in [5.41, 5.74) is 1.35. The maximum absolute atomic E-state index is 8.65. The molecule has 4 aromatic rings. The number of halogens is 3. The smallest absolute Gasteiger partial charge is 0.423 e. The topological polar surface area (TPSA) is 92.0 Å². The molecule has 152 valence electrons. The zero-order chi connectivity index (χ0) is 21.8. The Bertz CT molecular complexity index is 1030. The maximum atomic E-state index is 8.65. The third-order valence-electron chi connectivity index (χ3n) is 3.33. The average molecular weight is 462 g/mol. The third kappa shape index (κ3) is 8.86. The lowest BCUT2D eigenvalue weighted by Gasteiger charge is -1.98. The summed E-state index contributed by atoms with van der Waals surface area (Å²) in [6.45, 7) is 0. The number of hydrogen-bond acceptors (Lipinski definition) is 6. The van der Waals surface area contributed by atoms with E-state index in [9.17, 15) is 0 Å². The Labute approximate surface area is 189 Å². The molecule has 0 spiro atoms. The molecule has 0 saturated heterocycles. The minimum absolute atomic E-state index is 0.294. The third-order valence-corrected chi connectivity index (χ3v) is 4.00. The predicted molar refractivity (Wildman–Crippen MR) is 121 cm³/mol. The molecule has 2 aromatic heterocycles. The number of aromatic nitrogens is 4. The zero-order valence-electron chi connectivity index (χ0n) is 15.5. The van der Waals surface area contributed by atoms with E-state index in [4.69, 9.17) is 44.9 Å². The number of benzene rings is 2. The minimum Gasteiger partial charge on any atom is -0.423 e. The molecule has 10 heteroatoms. The van der Waals surface area contributed by atoms with Gasteiger partial charge in [0.2, 0.25) is 5.28 Å². The van der Waals surface area contributed by atoms with Crippen molar-refractivity contribution in [2.24, 2.45) is 0 Å². The highest BCUT2D eigenvalue weighted by molar-refractivity contribution is 6.59. The summed E-state index contributed by atoms with van der Waals surface area (Å²) in [6.07, 6.45) is 6.61. The van der Waals surface area contributed by atoms with Crippen LogP contribution in [0.4, 0.5) is 0 Å². The highest BCUT2D eigenvalue weighted by atomic mass is 35.5. The van der Waals surface area contributed by atoms with Crippen molar-refractivity contribution in [2.75, 3.05) is 0 Å². The number of nitrogens with zero attached hydrogens (tertiary/aromatic N) is 4. The van der Waals surface area contributed by atoms with Crippen molar-refractivity contribution >= 4 is 47.4 Å². The van der Waals surface area contributed by atoms with Gasteiger partial charge in [-0.15, -0.1) is 0 Å². The molecule has 2 heterocycles. The lowest BCUT2D eigenvalue weighted by Crippen LogP contribution is -2.29. The summed E-state index contributed by atoms with van der Waals surface area (Å²) >= 11 is 16.7. The fraction of sp³-hybridized carbons (Fsp3) is 0. The Hall–Kier alpha value is -2.55. The Morgan fingerprint density at radius 1 is 0.633 bits per heavy atom. The lowest BCUT2D eigenvalue weighted by atomic mass is 9.81. The summed E-state index contributed by atoms with van der Waals surface area (Å²) in [7, 11) is -1.43. The average Bonchev–Trinajstić information content (AvgIpc) is 2.76. The van der Waals surface area contributed by atoms with Gasteiger partial charge in [0.15, 0.2) is 5.82 Å². The van der Waals surface area contributed by atoms with Crippen LogP contribution in [0.5, 0.6) is 0 Å². The van der Waals surface area contributed by atoms with Gasteiger partial charge in [-0.3, -0.25) is 0 Å². The van der Waals surface area contributed by atoms with Crippen LogP contribution in [0.15, 0.2) is 85.5 Å². The first-order valence-electron chi connectivity index (χ1n) is 8.53. The summed E-state index contributed by atoms with van der Waals surface area (Å²) in [5, 5.41) is 18.8. The van der Waals surface area contributed by atoms with Crippen LogP contribution in [0.1, 0.15) is 0 Å². The second-order valence-corrected chi connectivity index (χ2v) is 6.74. The van der Waals surface area contributed by atoms with Crippen LogP contribution in [-0.4, -0.2) is 37.1 Å². The van der Waals surface area contributed by atoms with E-state index >= 15 is 0 Å². The lowest BCUT2D eigenvalue weighted by molar-refractivity contribution is 0.426. The summed E-state index contributed by atoms with van der Waals surface area (Å²) in [6, 6.07) is 17.4. The molecule has 0 fully saturated rings. The molecule has 0 amide bonds. The van der Waals surface area contributed by atoms with Crippen LogP contribution in [0, 0.1) is 0 Å². The van der Waals surface area contributed by atoms with E-state index in [0.29, 0.717) is 26.6 Å². The van der Waals surface area contributed by atoms with Crippen LogP contribution >= 0.6 is 34.8 Å². The van der Waals surface area contributed by atoms with E-state index in [2.05, 4.69) is 19.9 Å². The first-order valence-corrected chi connectivity index (χ1v) is 9.66. The Kier molecular flexibility index (Phi) is 10.2. The summed E-state index contributed by atoms with van der Waals surface area (Å²) in [5.74, 6) is 0.699. The molecule has 2 N–H and O–H groups in total. The van der Waals surface area contributed by atoms with Crippen LogP contribution in [0.25, 0.3) is 11.4 Å². The second-order valence-electron chi connectivity index (χ2n) is 5.53. The molecule has 30 heavy (non-hydrogen) atoms. The normalized spacial score (nSPS) is 9.50. The molecule has 0 unspecified atom stereocenters. The van der Waals surface area contributed by atoms with Gasteiger partial charge in [-0.2, -0.15) is 0 Å². The van der Waals surface area contributed by atoms with E-state index < -0.39 is 7.12 Å². The number of hydrogen-bond donors (Lipinski definition) is 2. The van der Waals surface area contributed by atoms with Crippen molar-refractivity contribution in [1.29, 1.82) is 0 Å². The van der Waals surface area contributed by atoms with E-state index in [1.807, 2.05) is 24.3 Å². The highest BCUT2D eigenvalue weighted by Crippen LogP contribution is 2.18. The monoisotopic (exact) mass is 460 g/mol. The van der Waals surface area contributed by atoms with Crippen molar-refractivity contribution in [3.63, 3.8) is 0 Å². The van der Waals surface area contributed by atoms with Gasteiger partial charge in [0.05, 0.1) is 0 Å². The molecule has 0 atom stereocenters. The van der Waals surface area contributed by atoms with Gasteiger partial charge in [-0.05, 0) is 53.5 Å². The quantitative estimate of drug-likeness (QED) is 0.347. The SMILES string of the molecule is Clc1cccc(-c2ncccn2)c1.Clc1ncccn1.OB(O)c1cccc(Cl)c1. The predicted octanol–water partition coefficient (Wildman–Crippen LogP) is 3.95. The van der Waals surface area contributed by atoms with Crippen LogP contribution in [-0.2, 0) is 0 Å². The van der Waals surface area contributed by atoms with Gasteiger partial charge >= 0.3 is 7.12 Å². The standard InChI is InChI=1S/C10H7ClN2.C6H6BClO2.C4H3ClN2/c11-9-4-1-3-8(7-9)10-12-5-2-6-13-10;8-6-3-1-2-5(4-6)7(9)10;5-4-6-2-1-3-7-4/h1-7H;1-4,9-10H;1-3H. The molecule has 0 aliphatic rings. The van der Waals surface area contributed by atoms with Gasteiger partial charge in [-0.25, -0.2) is 19.9 Å². The van der Waals surface area contributed by atoms with E-state index in [1.54, 1.807) is 55.1 Å². The molecule has 0 aliphatic heterocycles. The summed E-state index contributed by atoms with van der Waals surface area (Å²) in [4.78, 5) is 15.5. The van der Waals surface area contributed by atoms with Gasteiger partial charge in [0.25, 0.3) is 0 Å². The molecule has 4 rings (SSSR count). The van der Waals surface area contributed by atoms with Crippen molar-refractivity contribution in [1.82, 2.24) is 19.9 Å². The van der Waals surface area contributed by atoms with E-state index in [0.717, 1.165) is 5.56 Å². The Morgan fingerprint density at radius 2 is 1.17 bits per heavy atom. The summed E-state index contributed by atoms with van der Waals surface area (Å²) < 4.78 is 0. The second kappa shape index (κ2) is 12.9. The molecule has 0 saturated carbocycles. The van der Waals surface area contributed by atoms with Gasteiger partial charge in [-0.1, -0.05) is 47.5 Å². The molecule has 0 bridgehead atoms. The van der Waals surface area contributed by atoms with Crippen molar-refractivity contribution in [3.05, 3.63) is 101 Å². The fourth-order valence-corrected chi connectivity index (χ4v) is 2.53. The molecule has 0 radical (unpaired) electrons. The molecule has 0 aliphatic carbocycles. The first kappa shape index (κ1) is 23.7. The number of rotatable bonds is 2. The Morgan fingerprint density at radius 3 is 1.60 bits per heavy atom. The van der Waals surface area contributed by atoms with Gasteiger partial charge in [0.1, 0.15) is 0 Å². The maximum Gasteiger partial charge on any atom is 0.488 e. The molecule has 2 aromatic carbocycles. The van der Waals surface area contributed by atoms with Crippen LogP contribution < -0.4 is 5.46 Å².